The molecular formula is C35H33NO6. The second-order valence-electron chi connectivity index (χ2n) is 10.5. The average Bonchev–Trinajstić information content (AvgIpc) is 3.30. The summed E-state index contributed by atoms with van der Waals surface area (Å²) in [4.78, 5) is 28.4. The van der Waals surface area contributed by atoms with Gasteiger partial charge in [-0.2, -0.15) is 0 Å². The van der Waals surface area contributed by atoms with Gasteiger partial charge in [-0.15, -0.1) is 0 Å². The topological polar surface area (TPSA) is 74.3 Å². The van der Waals surface area contributed by atoms with Gasteiger partial charge in [0.2, 0.25) is 0 Å². The van der Waals surface area contributed by atoms with Gasteiger partial charge in [0.15, 0.2) is 0 Å². The highest BCUT2D eigenvalue weighted by atomic mass is 16.6. The fraction of sp³-hybridized carbons (Fsp3) is 0.257. The predicted molar refractivity (Wildman–Crippen MR) is 157 cm³/mol. The number of ether oxygens (including phenoxy) is 4. The summed E-state index contributed by atoms with van der Waals surface area (Å²) >= 11 is 0. The van der Waals surface area contributed by atoms with Crippen LogP contribution in [0.2, 0.25) is 0 Å². The highest BCUT2D eigenvalue weighted by molar-refractivity contribution is 6.21. The fourth-order valence-electron chi connectivity index (χ4n) is 5.52. The number of carbonyl (C=O) groups excluding carboxylic acids is 2. The van der Waals surface area contributed by atoms with E-state index in [1.54, 1.807) is 24.3 Å². The molecule has 4 aromatic carbocycles. The third-order valence-electron chi connectivity index (χ3n) is 7.67. The minimum absolute atomic E-state index is 0.107. The number of hydrogen-bond acceptors (Lipinski definition) is 6. The smallest absolute Gasteiger partial charge is 0.261 e. The molecule has 0 bridgehead atoms. The number of amides is 2. The Bertz CT molecular complexity index is 1440. The Balaban J connectivity index is 1.28. The van der Waals surface area contributed by atoms with E-state index in [4.69, 9.17) is 18.9 Å². The van der Waals surface area contributed by atoms with Gasteiger partial charge in [-0.1, -0.05) is 103 Å². The van der Waals surface area contributed by atoms with E-state index in [-0.39, 0.29) is 31.6 Å². The van der Waals surface area contributed by atoms with Crippen LogP contribution < -0.4 is 0 Å². The van der Waals surface area contributed by atoms with E-state index in [2.05, 4.69) is 0 Å². The Kier molecular flexibility index (Phi) is 8.82. The van der Waals surface area contributed by atoms with Crippen LogP contribution in [0.5, 0.6) is 0 Å². The molecule has 7 nitrogen and oxygen atoms in total. The van der Waals surface area contributed by atoms with E-state index < -0.39 is 24.4 Å². The summed E-state index contributed by atoms with van der Waals surface area (Å²) in [6.45, 7) is 1.38. The van der Waals surface area contributed by atoms with Gasteiger partial charge < -0.3 is 18.9 Å². The summed E-state index contributed by atoms with van der Waals surface area (Å²) in [5, 5.41) is 0. The summed E-state index contributed by atoms with van der Waals surface area (Å²) in [5.41, 5.74) is 3.80. The molecule has 0 spiro atoms. The second-order valence-corrected chi connectivity index (χ2v) is 10.5. The molecule has 4 aromatic rings. The van der Waals surface area contributed by atoms with Crippen LogP contribution in [0.1, 0.15) is 37.4 Å². The van der Waals surface area contributed by atoms with Crippen LogP contribution >= 0.6 is 0 Å². The van der Waals surface area contributed by atoms with Crippen molar-refractivity contribution >= 4 is 11.8 Å². The van der Waals surface area contributed by atoms with Crippen molar-refractivity contribution in [1.29, 1.82) is 0 Å². The van der Waals surface area contributed by atoms with E-state index in [1.165, 1.54) is 4.90 Å². The van der Waals surface area contributed by atoms with Gasteiger partial charge >= 0.3 is 0 Å². The molecule has 0 radical (unpaired) electrons. The molecule has 0 aliphatic carbocycles. The van der Waals surface area contributed by atoms with Crippen LogP contribution in [0.3, 0.4) is 0 Å². The monoisotopic (exact) mass is 563 g/mol. The Hall–Kier alpha value is -4.14. The van der Waals surface area contributed by atoms with Crippen LogP contribution in [0, 0.1) is 0 Å². The van der Waals surface area contributed by atoms with E-state index >= 15 is 0 Å². The Morgan fingerprint density at radius 2 is 1.05 bits per heavy atom. The van der Waals surface area contributed by atoms with Gasteiger partial charge in [-0.05, 0) is 28.8 Å². The molecule has 1 fully saturated rings. The second kappa shape index (κ2) is 13.2. The van der Waals surface area contributed by atoms with Crippen molar-refractivity contribution in [3.63, 3.8) is 0 Å². The molecule has 2 aliphatic heterocycles. The molecule has 6 rings (SSSR count). The molecule has 2 heterocycles. The fourth-order valence-corrected chi connectivity index (χ4v) is 5.52. The van der Waals surface area contributed by atoms with Crippen LogP contribution in [0.4, 0.5) is 0 Å². The molecule has 4 atom stereocenters. The molecule has 42 heavy (non-hydrogen) atoms. The number of nitrogens with zero attached hydrogens (tertiary/aromatic N) is 1. The third-order valence-corrected chi connectivity index (χ3v) is 7.67. The maximum atomic E-state index is 13.6. The van der Waals surface area contributed by atoms with Gasteiger partial charge in [-0.3, -0.25) is 14.5 Å². The van der Waals surface area contributed by atoms with E-state index in [1.807, 2.05) is 91.0 Å². The van der Waals surface area contributed by atoms with Crippen LogP contribution in [-0.4, -0.2) is 54.3 Å². The van der Waals surface area contributed by atoms with Gasteiger partial charge in [0.1, 0.15) is 18.3 Å². The molecule has 7 heteroatoms. The highest BCUT2D eigenvalue weighted by Crippen LogP contribution is 2.32. The molecule has 0 aromatic heterocycles. The van der Waals surface area contributed by atoms with Gasteiger partial charge in [0.25, 0.3) is 11.8 Å². The van der Waals surface area contributed by atoms with E-state index in [0.29, 0.717) is 24.3 Å². The first-order valence-corrected chi connectivity index (χ1v) is 14.2. The number of hydrogen-bond donors (Lipinski definition) is 0. The predicted octanol–water partition coefficient (Wildman–Crippen LogP) is 5.44. The van der Waals surface area contributed by atoms with Crippen LogP contribution in [0.15, 0.2) is 115 Å². The van der Waals surface area contributed by atoms with Crippen LogP contribution in [0.25, 0.3) is 0 Å². The first-order valence-electron chi connectivity index (χ1n) is 14.2. The first-order chi connectivity index (χ1) is 20.7. The summed E-state index contributed by atoms with van der Waals surface area (Å²) in [6.07, 6.45) is -1.76. The molecular weight excluding hydrogens is 530 g/mol. The number of imide groups is 1. The average molecular weight is 564 g/mol. The van der Waals surface area contributed by atoms with Crippen molar-refractivity contribution < 1.29 is 28.5 Å². The minimum atomic E-state index is -0.688. The Morgan fingerprint density at radius 1 is 0.595 bits per heavy atom. The summed E-state index contributed by atoms with van der Waals surface area (Å²) in [5.74, 6) is -0.698. The standard InChI is InChI=1S/C35H33NO6/c37-34-28-18-10-11-19-29(28)35(38)36(34)30-23-40-31(24-39-20-25-12-4-1-5-13-25)33(42-22-27-16-8-3-9-17-27)32(30)41-21-26-14-6-2-7-15-26/h1-19,30-33H,20-24H2/t30-,31-,32-,33+/m1/s1. The molecule has 1 saturated heterocycles. The molecule has 2 amide bonds. The molecule has 0 saturated carbocycles. The quantitative estimate of drug-likeness (QED) is 0.226. The van der Waals surface area contributed by atoms with E-state index in [0.717, 1.165) is 16.7 Å². The van der Waals surface area contributed by atoms with Crippen LogP contribution in [-0.2, 0) is 38.8 Å². The van der Waals surface area contributed by atoms with E-state index in [9.17, 15) is 9.59 Å². The zero-order valence-electron chi connectivity index (χ0n) is 23.2. The van der Waals surface area contributed by atoms with Gasteiger partial charge in [0, 0.05) is 0 Å². The summed E-state index contributed by atoms with van der Waals surface area (Å²) in [6, 6.07) is 35.8. The zero-order valence-corrected chi connectivity index (χ0v) is 23.2. The number of fused-ring (bicyclic) bond motifs is 1. The van der Waals surface area contributed by atoms with Crippen molar-refractivity contribution in [3.8, 4) is 0 Å². The highest BCUT2D eigenvalue weighted by Gasteiger charge is 2.50. The lowest BCUT2D eigenvalue weighted by molar-refractivity contribution is -0.216. The third kappa shape index (κ3) is 6.20. The SMILES string of the molecule is O=C1c2ccccc2C(=O)N1[C@@H]1CO[C@H](COCc2ccccc2)[C@H](OCc2ccccc2)[C@@H]1OCc1ccccc1. The lowest BCUT2D eigenvalue weighted by atomic mass is 9.96. The number of carbonyl (C=O) groups is 2. The molecule has 214 valence electrons. The normalized spacial score (nSPS) is 21.9. The largest absolute Gasteiger partial charge is 0.374 e. The summed E-state index contributed by atoms with van der Waals surface area (Å²) in [7, 11) is 0. The van der Waals surface area contributed by atoms with Crippen molar-refractivity contribution in [2.75, 3.05) is 13.2 Å². The van der Waals surface area contributed by atoms with Gasteiger partial charge in [-0.25, -0.2) is 0 Å². The van der Waals surface area contributed by atoms with Gasteiger partial charge in [0.05, 0.1) is 50.2 Å². The maximum Gasteiger partial charge on any atom is 0.261 e. The molecule has 0 N–H and O–H groups in total. The lowest BCUT2D eigenvalue weighted by Crippen LogP contribution is -2.62. The Morgan fingerprint density at radius 3 is 1.57 bits per heavy atom. The summed E-state index contributed by atoms with van der Waals surface area (Å²) < 4.78 is 25.6. The molecule has 0 unspecified atom stereocenters. The lowest BCUT2D eigenvalue weighted by Gasteiger charge is -2.44. The minimum Gasteiger partial charge on any atom is -0.374 e. The zero-order chi connectivity index (χ0) is 28.7. The maximum absolute atomic E-state index is 13.6. The van der Waals surface area contributed by atoms with Crippen molar-refractivity contribution in [2.24, 2.45) is 0 Å². The number of benzene rings is 4. The number of rotatable bonds is 11. The van der Waals surface area contributed by atoms with Crippen molar-refractivity contribution in [2.45, 2.75) is 44.2 Å². The van der Waals surface area contributed by atoms with Crippen molar-refractivity contribution in [3.05, 3.63) is 143 Å². The Labute approximate surface area is 245 Å². The molecule has 2 aliphatic rings. The first kappa shape index (κ1) is 28.0. The van der Waals surface area contributed by atoms with Crippen molar-refractivity contribution in [1.82, 2.24) is 4.90 Å².